The van der Waals surface area contributed by atoms with Gasteiger partial charge in [-0.05, 0) is 49.0 Å². The Bertz CT molecular complexity index is 1060. The third kappa shape index (κ3) is 5.22. The average Bonchev–Trinajstić information content (AvgIpc) is 3.16. The van der Waals surface area contributed by atoms with E-state index in [2.05, 4.69) is 56.8 Å². The zero-order valence-corrected chi connectivity index (χ0v) is 18.9. The second-order valence-corrected chi connectivity index (χ2v) is 9.48. The Morgan fingerprint density at radius 2 is 1.94 bits per heavy atom. The molecular formula is C24H32N6O. The average molecular weight is 421 g/mol. The first-order valence-electron chi connectivity index (χ1n) is 10.9. The van der Waals surface area contributed by atoms with Crippen LogP contribution in [0.5, 0.6) is 0 Å². The van der Waals surface area contributed by atoms with E-state index < -0.39 is 0 Å². The van der Waals surface area contributed by atoms with Gasteiger partial charge in [0, 0.05) is 39.2 Å². The van der Waals surface area contributed by atoms with Crippen LogP contribution in [-0.2, 0) is 13.1 Å². The number of amides is 1. The number of nitrogens with one attached hydrogen (secondary N) is 1. The summed E-state index contributed by atoms with van der Waals surface area (Å²) in [5.41, 5.74) is 4.92. The van der Waals surface area contributed by atoms with Crippen LogP contribution in [0, 0.1) is 5.41 Å². The first-order chi connectivity index (χ1) is 14.8. The van der Waals surface area contributed by atoms with Crippen molar-refractivity contribution in [3.05, 3.63) is 59.8 Å². The second kappa shape index (κ2) is 8.67. The number of hydrogen-bond acceptors (Lipinski definition) is 5. The first kappa shape index (κ1) is 21.3. The predicted molar refractivity (Wildman–Crippen MR) is 123 cm³/mol. The van der Waals surface area contributed by atoms with E-state index in [1.807, 2.05) is 31.3 Å². The molecule has 7 heteroatoms. The highest BCUT2D eigenvalue weighted by atomic mass is 16.1. The Balaban J connectivity index is 1.38. The molecule has 0 saturated carbocycles. The van der Waals surface area contributed by atoms with Gasteiger partial charge in [0.15, 0.2) is 0 Å². The summed E-state index contributed by atoms with van der Waals surface area (Å²) in [6.07, 6.45) is 9.96. The van der Waals surface area contributed by atoms with Gasteiger partial charge in [0.2, 0.25) is 0 Å². The van der Waals surface area contributed by atoms with Gasteiger partial charge in [-0.3, -0.25) is 14.7 Å². The molecule has 0 radical (unpaired) electrons. The van der Waals surface area contributed by atoms with Gasteiger partial charge in [-0.1, -0.05) is 19.9 Å². The van der Waals surface area contributed by atoms with Crippen molar-refractivity contribution in [1.29, 1.82) is 0 Å². The number of likely N-dealkylation sites (tertiary alicyclic amines) is 1. The van der Waals surface area contributed by atoms with E-state index in [1.54, 1.807) is 12.4 Å². The number of hydrogen-bond donors (Lipinski definition) is 1. The van der Waals surface area contributed by atoms with Gasteiger partial charge in [0.05, 0.1) is 29.7 Å². The lowest BCUT2D eigenvalue weighted by molar-refractivity contribution is 0.0950. The van der Waals surface area contributed by atoms with Crippen LogP contribution in [0.4, 0.5) is 5.69 Å². The number of nitrogens with zero attached hydrogens (tertiary/aromatic N) is 5. The molecule has 0 aliphatic carbocycles. The van der Waals surface area contributed by atoms with E-state index in [1.165, 1.54) is 18.4 Å². The Morgan fingerprint density at radius 1 is 1.16 bits per heavy atom. The van der Waals surface area contributed by atoms with Gasteiger partial charge in [0.25, 0.3) is 5.91 Å². The maximum atomic E-state index is 12.5. The van der Waals surface area contributed by atoms with Crippen LogP contribution in [0.25, 0.3) is 5.65 Å². The summed E-state index contributed by atoms with van der Waals surface area (Å²) >= 11 is 0. The van der Waals surface area contributed by atoms with E-state index >= 15 is 0 Å². The van der Waals surface area contributed by atoms with Crippen molar-refractivity contribution in [3.8, 4) is 0 Å². The minimum Gasteiger partial charge on any atom is -0.376 e. The fourth-order valence-electron chi connectivity index (χ4n) is 3.91. The highest BCUT2D eigenvalue weighted by Crippen LogP contribution is 2.30. The number of rotatable bonds is 6. The largest absolute Gasteiger partial charge is 0.376 e. The molecule has 1 fully saturated rings. The molecular weight excluding hydrogens is 388 g/mol. The summed E-state index contributed by atoms with van der Waals surface area (Å²) in [6, 6.07) is 6.04. The predicted octanol–water partition coefficient (Wildman–Crippen LogP) is 3.35. The van der Waals surface area contributed by atoms with Crippen molar-refractivity contribution < 1.29 is 4.79 Å². The summed E-state index contributed by atoms with van der Waals surface area (Å²) < 4.78 is 2.05. The van der Waals surface area contributed by atoms with Gasteiger partial charge >= 0.3 is 0 Å². The highest BCUT2D eigenvalue weighted by molar-refractivity contribution is 5.94. The monoisotopic (exact) mass is 420 g/mol. The quantitative estimate of drug-likeness (QED) is 0.663. The highest BCUT2D eigenvalue weighted by Gasteiger charge is 2.25. The topological polar surface area (TPSA) is 65.8 Å². The molecule has 0 unspecified atom stereocenters. The number of carbonyl (C=O) groups is 1. The molecule has 3 aromatic heterocycles. The summed E-state index contributed by atoms with van der Waals surface area (Å²) in [6.45, 7) is 8.36. The maximum absolute atomic E-state index is 12.5. The Labute approximate surface area is 184 Å². The lowest BCUT2D eigenvalue weighted by atomic mass is 9.82. The van der Waals surface area contributed by atoms with E-state index in [9.17, 15) is 4.79 Å². The molecule has 7 nitrogen and oxygen atoms in total. The molecule has 1 amide bonds. The fourth-order valence-corrected chi connectivity index (χ4v) is 3.91. The van der Waals surface area contributed by atoms with Crippen LogP contribution in [0.3, 0.4) is 0 Å². The van der Waals surface area contributed by atoms with Crippen LogP contribution in [0.2, 0.25) is 0 Å². The van der Waals surface area contributed by atoms with E-state index in [4.69, 9.17) is 0 Å². The van der Waals surface area contributed by atoms with Crippen molar-refractivity contribution >= 4 is 17.2 Å². The molecule has 4 rings (SSSR count). The minimum atomic E-state index is -0.151. The van der Waals surface area contributed by atoms with Crippen molar-refractivity contribution in [2.24, 2.45) is 5.41 Å². The smallest absolute Gasteiger partial charge is 0.253 e. The van der Waals surface area contributed by atoms with Gasteiger partial charge in [-0.2, -0.15) is 0 Å². The zero-order valence-electron chi connectivity index (χ0n) is 18.9. The molecule has 0 spiro atoms. The van der Waals surface area contributed by atoms with Gasteiger partial charge in [-0.15, -0.1) is 0 Å². The van der Waals surface area contributed by atoms with Crippen molar-refractivity contribution in [1.82, 2.24) is 24.6 Å². The third-order valence-electron chi connectivity index (χ3n) is 6.11. The Hall–Kier alpha value is -2.93. The van der Waals surface area contributed by atoms with E-state index in [0.717, 1.165) is 36.7 Å². The maximum Gasteiger partial charge on any atom is 0.253 e. The Morgan fingerprint density at radius 3 is 2.68 bits per heavy atom. The standard InChI is InChI=1S/C24H32N6O/c1-24(2)7-9-29(10-8-24)15-18-5-6-22-27-20(17-30(22)16-18)13-26-23(31)19-11-21(28(3)4)14-25-12-19/h5-6,11-12,14,16-17H,7-10,13,15H2,1-4H3,(H,26,31). The van der Waals surface area contributed by atoms with Crippen molar-refractivity contribution in [2.45, 2.75) is 39.8 Å². The summed E-state index contributed by atoms with van der Waals surface area (Å²) in [7, 11) is 3.85. The molecule has 1 saturated heterocycles. The molecule has 4 heterocycles. The lowest BCUT2D eigenvalue weighted by Gasteiger charge is -2.36. The molecule has 1 aliphatic heterocycles. The third-order valence-corrected chi connectivity index (χ3v) is 6.11. The van der Waals surface area contributed by atoms with Crippen LogP contribution in [-0.4, -0.2) is 52.4 Å². The van der Waals surface area contributed by atoms with Gasteiger partial charge in [0.1, 0.15) is 5.65 Å². The van der Waals surface area contributed by atoms with Crippen molar-refractivity contribution in [3.63, 3.8) is 0 Å². The normalized spacial score (nSPS) is 16.4. The van der Waals surface area contributed by atoms with Crippen molar-refractivity contribution in [2.75, 3.05) is 32.1 Å². The number of imidazole rings is 1. The zero-order chi connectivity index (χ0) is 22.0. The molecule has 1 aliphatic rings. The second-order valence-electron chi connectivity index (χ2n) is 9.48. The molecule has 0 bridgehead atoms. The number of carbonyl (C=O) groups excluding carboxylic acids is 1. The summed E-state index contributed by atoms with van der Waals surface area (Å²) in [5, 5.41) is 2.95. The molecule has 164 valence electrons. The number of piperidine rings is 1. The number of pyridine rings is 2. The van der Waals surface area contributed by atoms with Crippen LogP contribution in [0.1, 0.15) is 48.3 Å². The molecule has 3 aromatic rings. The Kier molecular flexibility index (Phi) is 5.96. The van der Waals surface area contributed by atoms with Crippen LogP contribution >= 0.6 is 0 Å². The molecule has 31 heavy (non-hydrogen) atoms. The van der Waals surface area contributed by atoms with E-state index in [-0.39, 0.29) is 5.91 Å². The summed E-state index contributed by atoms with van der Waals surface area (Å²) in [5.74, 6) is -0.151. The van der Waals surface area contributed by atoms with Crippen LogP contribution < -0.4 is 10.2 Å². The number of aromatic nitrogens is 3. The minimum absolute atomic E-state index is 0.151. The first-order valence-corrected chi connectivity index (χ1v) is 10.9. The number of fused-ring (bicyclic) bond motifs is 1. The van der Waals surface area contributed by atoms with Gasteiger partial charge in [-0.25, -0.2) is 4.98 Å². The SMILES string of the molecule is CN(C)c1cncc(C(=O)NCc2cn3cc(CN4CCC(C)(C)CC4)ccc3n2)c1. The molecule has 0 aromatic carbocycles. The number of anilines is 1. The molecule has 0 atom stereocenters. The van der Waals surface area contributed by atoms with Gasteiger partial charge < -0.3 is 14.6 Å². The summed E-state index contributed by atoms with van der Waals surface area (Å²) in [4.78, 5) is 25.8. The lowest BCUT2D eigenvalue weighted by Crippen LogP contribution is -2.36. The molecule has 1 N–H and O–H groups in total. The van der Waals surface area contributed by atoms with E-state index in [0.29, 0.717) is 17.5 Å². The van der Waals surface area contributed by atoms with Crippen LogP contribution in [0.15, 0.2) is 43.0 Å². The fraction of sp³-hybridized carbons (Fsp3) is 0.458.